The van der Waals surface area contributed by atoms with Gasteiger partial charge in [0.25, 0.3) is 11.8 Å². The van der Waals surface area contributed by atoms with Gasteiger partial charge in [0.1, 0.15) is 15.9 Å². The van der Waals surface area contributed by atoms with E-state index in [2.05, 4.69) is 21.2 Å². The van der Waals surface area contributed by atoms with Crippen LogP contribution in [0.4, 0.5) is 0 Å². The second-order valence-electron chi connectivity index (χ2n) is 6.26. The van der Waals surface area contributed by atoms with E-state index in [9.17, 15) is 22.8 Å². The van der Waals surface area contributed by atoms with Crippen LogP contribution in [-0.2, 0) is 24.2 Å². The molecule has 0 aromatic heterocycles. The van der Waals surface area contributed by atoms with E-state index in [-0.39, 0.29) is 30.7 Å². The number of likely N-dealkylation sites (N-methyl/N-ethyl adjacent to an activating group) is 1. The summed E-state index contributed by atoms with van der Waals surface area (Å²) in [6.45, 7) is -0.399. The van der Waals surface area contributed by atoms with Gasteiger partial charge < -0.3 is 15.0 Å². The number of ether oxygens (including phenoxy) is 1. The van der Waals surface area contributed by atoms with E-state index < -0.39 is 40.3 Å². The highest BCUT2D eigenvalue weighted by Crippen LogP contribution is 2.16. The van der Waals surface area contributed by atoms with Crippen LogP contribution in [0.3, 0.4) is 0 Å². The van der Waals surface area contributed by atoms with Crippen LogP contribution in [-0.4, -0.2) is 69.4 Å². The number of nitriles is 1. The summed E-state index contributed by atoms with van der Waals surface area (Å²) in [5.74, 6) is -2.38. The summed E-state index contributed by atoms with van der Waals surface area (Å²) in [4.78, 5) is 38.0. The van der Waals surface area contributed by atoms with Gasteiger partial charge in [-0.1, -0.05) is 12.1 Å². The van der Waals surface area contributed by atoms with Crippen molar-refractivity contribution in [3.05, 3.63) is 34.3 Å². The lowest BCUT2D eigenvalue weighted by Crippen LogP contribution is -2.44. The van der Waals surface area contributed by atoms with Crippen LogP contribution in [0.15, 0.2) is 28.7 Å². The predicted molar refractivity (Wildman–Crippen MR) is 109 cm³/mol. The molecule has 1 atom stereocenters. The van der Waals surface area contributed by atoms with Gasteiger partial charge in [-0.25, -0.2) is 13.2 Å². The first-order valence-electron chi connectivity index (χ1n) is 8.56. The summed E-state index contributed by atoms with van der Waals surface area (Å²) in [5, 5.41) is 11.0. The van der Waals surface area contributed by atoms with Gasteiger partial charge >= 0.3 is 5.97 Å². The minimum Gasteiger partial charge on any atom is -0.454 e. The zero-order valence-corrected chi connectivity index (χ0v) is 18.5. The fourth-order valence-electron chi connectivity index (χ4n) is 2.15. The zero-order chi connectivity index (χ0) is 22.0. The SMILES string of the molecule is CN(CCC#N)C(=O)COC(=O)[C@H](CCS(C)(=O)=O)NC(=O)c1ccccc1Br. The highest BCUT2D eigenvalue weighted by atomic mass is 79.9. The number of carbonyl (C=O) groups is 3. The average molecular weight is 488 g/mol. The third-order valence-corrected chi connectivity index (χ3v) is 5.48. The Morgan fingerprint density at radius 1 is 1.31 bits per heavy atom. The number of nitrogens with zero attached hydrogens (tertiary/aromatic N) is 2. The topological polar surface area (TPSA) is 134 Å². The maximum atomic E-state index is 12.5. The number of rotatable bonds is 10. The van der Waals surface area contributed by atoms with Gasteiger partial charge in [-0.05, 0) is 34.5 Å². The van der Waals surface area contributed by atoms with Crippen LogP contribution in [0.1, 0.15) is 23.2 Å². The van der Waals surface area contributed by atoms with Gasteiger partial charge in [0, 0.05) is 24.3 Å². The highest BCUT2D eigenvalue weighted by molar-refractivity contribution is 9.10. The summed E-state index contributed by atoms with van der Waals surface area (Å²) in [6, 6.07) is 7.18. The average Bonchev–Trinajstić information content (AvgIpc) is 2.66. The maximum absolute atomic E-state index is 12.5. The number of nitrogens with one attached hydrogen (secondary N) is 1. The molecule has 0 bridgehead atoms. The van der Waals surface area contributed by atoms with Gasteiger partial charge in [-0.15, -0.1) is 0 Å². The molecule has 0 heterocycles. The molecule has 9 nitrogen and oxygen atoms in total. The molecule has 1 aromatic rings. The summed E-state index contributed by atoms with van der Waals surface area (Å²) < 4.78 is 28.4. The van der Waals surface area contributed by atoms with Crippen molar-refractivity contribution >= 4 is 43.6 Å². The maximum Gasteiger partial charge on any atom is 0.329 e. The first-order valence-corrected chi connectivity index (χ1v) is 11.4. The Morgan fingerprint density at radius 2 is 1.97 bits per heavy atom. The summed E-state index contributed by atoms with van der Waals surface area (Å²) >= 11 is 3.23. The molecule has 2 amide bonds. The van der Waals surface area contributed by atoms with Crippen molar-refractivity contribution < 1.29 is 27.5 Å². The zero-order valence-electron chi connectivity index (χ0n) is 16.1. The van der Waals surface area contributed by atoms with Crippen molar-refractivity contribution in [1.82, 2.24) is 10.2 Å². The van der Waals surface area contributed by atoms with Crippen LogP contribution in [0.5, 0.6) is 0 Å². The number of hydrogen-bond acceptors (Lipinski definition) is 7. The van der Waals surface area contributed by atoms with E-state index in [1.807, 2.05) is 6.07 Å². The van der Waals surface area contributed by atoms with E-state index in [0.717, 1.165) is 6.26 Å². The fraction of sp³-hybridized carbons (Fsp3) is 0.444. The molecule has 1 rings (SSSR count). The smallest absolute Gasteiger partial charge is 0.329 e. The molecule has 1 N–H and O–H groups in total. The molecule has 0 aliphatic carbocycles. The van der Waals surface area contributed by atoms with Crippen LogP contribution in [0, 0.1) is 11.3 Å². The van der Waals surface area contributed by atoms with Gasteiger partial charge in [-0.3, -0.25) is 9.59 Å². The molecule has 29 heavy (non-hydrogen) atoms. The van der Waals surface area contributed by atoms with Crippen molar-refractivity contribution in [3.8, 4) is 6.07 Å². The molecule has 0 radical (unpaired) electrons. The summed E-state index contributed by atoms with van der Waals surface area (Å²) in [7, 11) is -1.93. The van der Waals surface area contributed by atoms with Crippen molar-refractivity contribution in [2.75, 3.05) is 32.2 Å². The van der Waals surface area contributed by atoms with E-state index in [1.54, 1.807) is 18.2 Å². The predicted octanol–water partition coefficient (Wildman–Crippen LogP) is 0.897. The highest BCUT2D eigenvalue weighted by Gasteiger charge is 2.26. The Hall–Kier alpha value is -2.45. The third-order valence-electron chi connectivity index (χ3n) is 3.81. The largest absolute Gasteiger partial charge is 0.454 e. The van der Waals surface area contributed by atoms with Gasteiger partial charge in [-0.2, -0.15) is 5.26 Å². The molecule has 0 spiro atoms. The van der Waals surface area contributed by atoms with Crippen LogP contribution < -0.4 is 5.32 Å². The second kappa shape index (κ2) is 11.5. The van der Waals surface area contributed by atoms with E-state index in [1.165, 1.54) is 18.0 Å². The van der Waals surface area contributed by atoms with Crippen molar-refractivity contribution in [2.24, 2.45) is 0 Å². The molecular weight excluding hydrogens is 466 g/mol. The van der Waals surface area contributed by atoms with Crippen molar-refractivity contribution in [1.29, 1.82) is 5.26 Å². The lowest BCUT2D eigenvalue weighted by molar-refractivity contribution is -0.153. The standard InChI is InChI=1S/C18H22BrN3O6S/c1-22(10-5-9-20)16(23)12-28-18(25)15(8-11-29(2,26)27)21-17(24)13-6-3-4-7-14(13)19/h3-4,6-7,15H,5,8,10-12H2,1-2H3,(H,21,24)/t15-/m0/s1. The Bertz CT molecular complexity index is 897. The van der Waals surface area contributed by atoms with E-state index >= 15 is 0 Å². The molecule has 0 aliphatic heterocycles. The molecule has 0 saturated heterocycles. The number of sulfone groups is 1. The number of amides is 2. The molecule has 0 aliphatic rings. The molecule has 0 unspecified atom stereocenters. The van der Waals surface area contributed by atoms with Crippen molar-refractivity contribution in [2.45, 2.75) is 18.9 Å². The molecule has 11 heteroatoms. The monoisotopic (exact) mass is 487 g/mol. The van der Waals surface area contributed by atoms with Crippen LogP contribution in [0.2, 0.25) is 0 Å². The Kier molecular flexibility index (Phi) is 9.77. The minimum atomic E-state index is -3.39. The van der Waals surface area contributed by atoms with Gasteiger partial charge in [0.05, 0.1) is 23.8 Å². The number of esters is 1. The Morgan fingerprint density at radius 3 is 2.55 bits per heavy atom. The summed E-state index contributed by atoms with van der Waals surface area (Å²) in [6.07, 6.45) is 0.945. The first-order chi connectivity index (χ1) is 13.5. The fourth-order valence-corrected chi connectivity index (χ4v) is 3.28. The molecule has 0 saturated carbocycles. The number of benzene rings is 1. The van der Waals surface area contributed by atoms with E-state index in [4.69, 9.17) is 10.00 Å². The Labute approximate surface area is 178 Å². The molecule has 1 aromatic carbocycles. The number of carbonyl (C=O) groups excluding carboxylic acids is 3. The molecule has 158 valence electrons. The normalized spacial score (nSPS) is 11.8. The first kappa shape index (κ1) is 24.6. The quantitative estimate of drug-likeness (QED) is 0.484. The molecule has 0 fully saturated rings. The van der Waals surface area contributed by atoms with Crippen LogP contribution >= 0.6 is 15.9 Å². The van der Waals surface area contributed by atoms with Crippen molar-refractivity contribution in [3.63, 3.8) is 0 Å². The lowest BCUT2D eigenvalue weighted by Gasteiger charge is -2.19. The number of hydrogen-bond donors (Lipinski definition) is 1. The van der Waals surface area contributed by atoms with E-state index in [0.29, 0.717) is 4.47 Å². The summed E-state index contributed by atoms with van der Waals surface area (Å²) in [5.41, 5.74) is 0.261. The van der Waals surface area contributed by atoms with Gasteiger partial charge in [0.2, 0.25) is 0 Å². The third kappa shape index (κ3) is 9.06. The van der Waals surface area contributed by atoms with Crippen LogP contribution in [0.25, 0.3) is 0 Å². The molecular formula is C18H22BrN3O6S. The minimum absolute atomic E-state index is 0.134. The van der Waals surface area contributed by atoms with Gasteiger partial charge in [0.15, 0.2) is 6.61 Å². The Balaban J connectivity index is 2.82. The second-order valence-corrected chi connectivity index (χ2v) is 9.37. The lowest BCUT2D eigenvalue weighted by atomic mass is 10.1. The number of halogens is 1.